The molecule has 0 saturated carbocycles. The molecule has 0 aliphatic carbocycles. The number of hydrogen-bond acceptors (Lipinski definition) is 4. The fraction of sp³-hybridized carbons (Fsp3) is 0.222. The van der Waals surface area contributed by atoms with E-state index in [4.69, 9.17) is 5.11 Å². The Morgan fingerprint density at radius 1 is 1.53 bits per heavy atom. The molecule has 80 valence electrons. The van der Waals surface area contributed by atoms with Crippen molar-refractivity contribution in [3.63, 3.8) is 0 Å². The van der Waals surface area contributed by atoms with Crippen LogP contribution in [0.1, 0.15) is 16.1 Å². The van der Waals surface area contributed by atoms with Gasteiger partial charge in [0.25, 0.3) is 0 Å². The summed E-state index contributed by atoms with van der Waals surface area (Å²) in [6.07, 6.45) is -0.443. The molecule has 1 rings (SSSR count). The summed E-state index contributed by atoms with van der Waals surface area (Å²) >= 11 is 0. The Bertz CT molecular complexity index is 405. The second kappa shape index (κ2) is 4.50. The minimum Gasteiger partial charge on any atom is -0.481 e. The molecule has 6 heteroatoms. The van der Waals surface area contributed by atoms with Crippen molar-refractivity contribution in [2.75, 3.05) is 7.11 Å². The van der Waals surface area contributed by atoms with Gasteiger partial charge in [-0.15, -0.1) is 0 Å². The molecule has 0 amide bonds. The Balaban J connectivity index is 3.04. The maximum absolute atomic E-state index is 12.9. The van der Waals surface area contributed by atoms with Crippen LogP contribution in [0.25, 0.3) is 0 Å². The van der Waals surface area contributed by atoms with E-state index < -0.39 is 24.3 Å². The molecule has 0 aliphatic rings. The van der Waals surface area contributed by atoms with Crippen molar-refractivity contribution in [3.8, 4) is 0 Å². The number of halogens is 1. The summed E-state index contributed by atoms with van der Waals surface area (Å²) in [5.41, 5.74) is -0.0795. The quantitative estimate of drug-likeness (QED) is 0.588. The zero-order valence-corrected chi connectivity index (χ0v) is 7.86. The number of rotatable bonds is 3. The number of esters is 1. The molecular weight excluding hydrogens is 205 g/mol. The molecule has 1 aromatic rings. The number of aromatic nitrogens is 1. The molecule has 1 aromatic heterocycles. The molecule has 0 fully saturated rings. The van der Waals surface area contributed by atoms with Gasteiger partial charge >= 0.3 is 11.9 Å². The maximum atomic E-state index is 12.9. The summed E-state index contributed by atoms with van der Waals surface area (Å²) in [5, 5.41) is 8.47. The van der Waals surface area contributed by atoms with Gasteiger partial charge in [-0.3, -0.25) is 4.79 Å². The van der Waals surface area contributed by atoms with E-state index in [0.29, 0.717) is 0 Å². The van der Waals surface area contributed by atoms with Gasteiger partial charge in [-0.05, 0) is 6.07 Å². The van der Waals surface area contributed by atoms with Crippen molar-refractivity contribution in [1.82, 2.24) is 4.98 Å². The Labute approximate surface area is 84.5 Å². The molecule has 5 nitrogen and oxygen atoms in total. The smallest absolute Gasteiger partial charge is 0.338 e. The number of carbonyl (C=O) groups is 2. The second-order valence-corrected chi connectivity index (χ2v) is 2.73. The van der Waals surface area contributed by atoms with Crippen LogP contribution in [0.5, 0.6) is 0 Å². The van der Waals surface area contributed by atoms with Gasteiger partial charge in [0.15, 0.2) is 0 Å². The molecule has 0 spiro atoms. The van der Waals surface area contributed by atoms with Crippen molar-refractivity contribution in [2.24, 2.45) is 0 Å². The third-order valence-corrected chi connectivity index (χ3v) is 1.60. The van der Waals surface area contributed by atoms with Crippen LogP contribution in [0.2, 0.25) is 0 Å². The number of carboxylic acid groups (broad SMARTS) is 1. The minimum atomic E-state index is -1.15. The van der Waals surface area contributed by atoms with E-state index >= 15 is 0 Å². The summed E-state index contributed by atoms with van der Waals surface area (Å²) in [6, 6.07) is 2.07. The number of aliphatic carboxylic acids is 1. The van der Waals surface area contributed by atoms with Crippen molar-refractivity contribution >= 4 is 11.9 Å². The Hall–Kier alpha value is -1.98. The Kier molecular flexibility index (Phi) is 3.33. The van der Waals surface area contributed by atoms with Crippen LogP contribution in [0.3, 0.4) is 0 Å². The first-order valence-electron chi connectivity index (χ1n) is 3.99. The summed E-state index contributed by atoms with van der Waals surface area (Å²) < 4.78 is 17.2. The van der Waals surface area contributed by atoms with Gasteiger partial charge < -0.3 is 9.84 Å². The SMILES string of the molecule is COC(=O)c1cc(F)nc(CC(=O)O)c1. The van der Waals surface area contributed by atoms with Crippen molar-refractivity contribution in [1.29, 1.82) is 0 Å². The standard InChI is InChI=1S/C9H8FNO4/c1-15-9(14)5-2-6(4-8(12)13)11-7(10)3-5/h2-3H,4H2,1H3,(H,12,13). The first-order valence-corrected chi connectivity index (χ1v) is 3.99. The van der Waals surface area contributed by atoms with Crippen LogP contribution in [-0.2, 0) is 16.0 Å². The molecule has 0 saturated heterocycles. The van der Waals surface area contributed by atoms with Gasteiger partial charge in [-0.2, -0.15) is 4.39 Å². The zero-order valence-electron chi connectivity index (χ0n) is 7.86. The lowest BCUT2D eigenvalue weighted by molar-refractivity contribution is -0.136. The number of hydrogen-bond donors (Lipinski definition) is 1. The van der Waals surface area contributed by atoms with Crippen molar-refractivity contribution in [3.05, 3.63) is 29.3 Å². The van der Waals surface area contributed by atoms with Crippen LogP contribution in [0, 0.1) is 5.95 Å². The van der Waals surface area contributed by atoms with E-state index in [9.17, 15) is 14.0 Å². The lowest BCUT2D eigenvalue weighted by Gasteiger charge is -2.01. The first-order chi connectivity index (χ1) is 7.02. The van der Waals surface area contributed by atoms with E-state index in [0.717, 1.165) is 13.2 Å². The number of ether oxygens (including phenoxy) is 1. The highest BCUT2D eigenvalue weighted by molar-refractivity contribution is 5.89. The van der Waals surface area contributed by atoms with E-state index in [2.05, 4.69) is 9.72 Å². The number of nitrogens with zero attached hydrogens (tertiary/aromatic N) is 1. The Morgan fingerprint density at radius 3 is 2.73 bits per heavy atom. The van der Waals surface area contributed by atoms with E-state index in [-0.39, 0.29) is 11.3 Å². The average molecular weight is 213 g/mol. The number of pyridine rings is 1. The normalized spacial score (nSPS) is 9.73. The fourth-order valence-electron chi connectivity index (χ4n) is 1.03. The van der Waals surface area contributed by atoms with Gasteiger partial charge in [0.2, 0.25) is 5.95 Å². The summed E-state index contributed by atoms with van der Waals surface area (Å²) in [6.45, 7) is 0. The molecule has 0 unspecified atom stereocenters. The summed E-state index contributed by atoms with van der Waals surface area (Å²) in [4.78, 5) is 24.7. The molecule has 0 bridgehead atoms. The molecule has 0 aliphatic heterocycles. The predicted molar refractivity (Wildman–Crippen MR) is 46.9 cm³/mol. The highest BCUT2D eigenvalue weighted by Crippen LogP contribution is 2.07. The van der Waals surface area contributed by atoms with Gasteiger partial charge in [0.1, 0.15) is 0 Å². The largest absolute Gasteiger partial charge is 0.481 e. The van der Waals surface area contributed by atoms with Crippen LogP contribution >= 0.6 is 0 Å². The monoisotopic (exact) mass is 213 g/mol. The fourth-order valence-corrected chi connectivity index (χ4v) is 1.03. The highest BCUT2D eigenvalue weighted by atomic mass is 19.1. The van der Waals surface area contributed by atoms with Crippen LogP contribution in [0.4, 0.5) is 4.39 Å². The van der Waals surface area contributed by atoms with Gasteiger partial charge in [-0.25, -0.2) is 9.78 Å². The van der Waals surface area contributed by atoms with Crippen LogP contribution < -0.4 is 0 Å². The van der Waals surface area contributed by atoms with E-state index in [1.165, 1.54) is 6.07 Å². The van der Waals surface area contributed by atoms with Crippen molar-refractivity contribution < 1.29 is 23.8 Å². The molecule has 15 heavy (non-hydrogen) atoms. The predicted octanol–water partition coefficient (Wildman–Crippen LogP) is 0.634. The third kappa shape index (κ3) is 3.01. The lowest BCUT2D eigenvalue weighted by Crippen LogP contribution is -2.08. The minimum absolute atomic E-state index is 0.0251. The van der Waals surface area contributed by atoms with Crippen LogP contribution in [-0.4, -0.2) is 29.1 Å². The molecule has 0 radical (unpaired) electrons. The zero-order chi connectivity index (χ0) is 11.4. The maximum Gasteiger partial charge on any atom is 0.338 e. The van der Waals surface area contributed by atoms with Gasteiger partial charge in [0, 0.05) is 6.07 Å². The molecular formula is C9H8FNO4. The number of carboxylic acids is 1. The van der Waals surface area contributed by atoms with Gasteiger partial charge in [-0.1, -0.05) is 0 Å². The first kappa shape index (κ1) is 11.1. The summed E-state index contributed by atoms with van der Waals surface area (Å²) in [5.74, 6) is -2.79. The second-order valence-electron chi connectivity index (χ2n) is 2.73. The average Bonchev–Trinajstić information content (AvgIpc) is 2.14. The molecule has 0 atom stereocenters. The number of methoxy groups -OCH3 is 1. The molecule has 1 heterocycles. The molecule has 0 aromatic carbocycles. The van der Waals surface area contributed by atoms with E-state index in [1.807, 2.05) is 0 Å². The topological polar surface area (TPSA) is 76.5 Å². The van der Waals surface area contributed by atoms with Crippen molar-refractivity contribution in [2.45, 2.75) is 6.42 Å². The number of carbonyl (C=O) groups excluding carboxylic acids is 1. The van der Waals surface area contributed by atoms with Gasteiger partial charge in [0.05, 0.1) is 24.8 Å². The van der Waals surface area contributed by atoms with E-state index in [1.54, 1.807) is 0 Å². The highest BCUT2D eigenvalue weighted by Gasteiger charge is 2.11. The van der Waals surface area contributed by atoms with Crippen LogP contribution in [0.15, 0.2) is 12.1 Å². The molecule has 1 N–H and O–H groups in total. The summed E-state index contributed by atoms with van der Waals surface area (Å²) in [7, 11) is 1.15. The Morgan fingerprint density at radius 2 is 2.20 bits per heavy atom. The third-order valence-electron chi connectivity index (χ3n) is 1.60. The lowest BCUT2D eigenvalue weighted by atomic mass is 10.2.